The fourth-order valence-corrected chi connectivity index (χ4v) is 2.52. The van der Waals surface area contributed by atoms with Gasteiger partial charge in [-0.2, -0.15) is 0 Å². The Morgan fingerprint density at radius 3 is 2.42 bits per heavy atom. The number of hydrogen-bond donors (Lipinski definition) is 2. The summed E-state index contributed by atoms with van der Waals surface area (Å²) in [5.41, 5.74) is 0.485. The number of rotatable bonds is 8. The second-order valence-corrected chi connectivity index (χ2v) is 7.29. The molecule has 0 aliphatic heterocycles. The SMILES string of the molecule is C[C@@H]1C[C@H]1C(=O)Nc1ccc(C(=O)OCCCCC(C)(C)O)cc1. The third-order valence-electron chi connectivity index (χ3n) is 4.25. The molecular weight excluding hydrogens is 306 g/mol. The van der Waals surface area contributed by atoms with Crippen LogP contribution in [0.4, 0.5) is 5.69 Å². The summed E-state index contributed by atoms with van der Waals surface area (Å²) in [6, 6.07) is 6.75. The lowest BCUT2D eigenvalue weighted by Gasteiger charge is -2.16. The topological polar surface area (TPSA) is 75.6 Å². The summed E-state index contributed by atoms with van der Waals surface area (Å²) < 4.78 is 5.22. The minimum atomic E-state index is -0.678. The largest absolute Gasteiger partial charge is 0.462 e. The number of nitrogens with one attached hydrogen (secondary N) is 1. The first-order valence-corrected chi connectivity index (χ1v) is 8.57. The number of aliphatic hydroxyl groups is 1. The lowest BCUT2D eigenvalue weighted by Crippen LogP contribution is -2.18. The number of carbonyl (C=O) groups is 2. The van der Waals surface area contributed by atoms with E-state index in [1.54, 1.807) is 38.1 Å². The van der Waals surface area contributed by atoms with Crippen molar-refractivity contribution in [2.24, 2.45) is 11.8 Å². The van der Waals surface area contributed by atoms with Crippen LogP contribution in [0.25, 0.3) is 0 Å². The van der Waals surface area contributed by atoms with Crippen LogP contribution in [0, 0.1) is 11.8 Å². The molecule has 132 valence electrons. The molecule has 0 heterocycles. The number of esters is 1. The van der Waals surface area contributed by atoms with E-state index in [1.807, 2.05) is 0 Å². The molecule has 1 saturated carbocycles. The predicted molar refractivity (Wildman–Crippen MR) is 92.8 cm³/mol. The van der Waals surface area contributed by atoms with E-state index in [0.29, 0.717) is 30.2 Å². The molecule has 1 aromatic carbocycles. The maximum Gasteiger partial charge on any atom is 0.338 e. The Bertz CT molecular complexity index is 574. The van der Waals surface area contributed by atoms with Gasteiger partial charge in [0.05, 0.1) is 17.8 Å². The van der Waals surface area contributed by atoms with Gasteiger partial charge in [0.1, 0.15) is 0 Å². The lowest BCUT2D eigenvalue weighted by atomic mass is 10.0. The van der Waals surface area contributed by atoms with E-state index < -0.39 is 5.60 Å². The van der Waals surface area contributed by atoms with Crippen LogP contribution >= 0.6 is 0 Å². The summed E-state index contributed by atoms with van der Waals surface area (Å²) >= 11 is 0. The third kappa shape index (κ3) is 5.96. The average molecular weight is 333 g/mol. The number of carbonyl (C=O) groups excluding carboxylic acids is 2. The zero-order chi connectivity index (χ0) is 17.7. The van der Waals surface area contributed by atoms with Crippen LogP contribution in [0.15, 0.2) is 24.3 Å². The molecule has 1 aliphatic rings. The summed E-state index contributed by atoms with van der Waals surface area (Å²) in [6.07, 6.45) is 3.16. The summed E-state index contributed by atoms with van der Waals surface area (Å²) in [5, 5.41) is 12.5. The van der Waals surface area contributed by atoms with Gasteiger partial charge in [0.2, 0.25) is 5.91 Å². The monoisotopic (exact) mass is 333 g/mol. The number of ether oxygens (including phenoxy) is 1. The molecule has 24 heavy (non-hydrogen) atoms. The van der Waals surface area contributed by atoms with E-state index >= 15 is 0 Å². The maximum atomic E-state index is 11.9. The van der Waals surface area contributed by atoms with Crippen LogP contribution in [0.3, 0.4) is 0 Å². The number of benzene rings is 1. The Balaban J connectivity index is 1.72. The van der Waals surface area contributed by atoms with E-state index in [0.717, 1.165) is 19.3 Å². The van der Waals surface area contributed by atoms with Gasteiger partial charge in [-0.3, -0.25) is 4.79 Å². The van der Waals surface area contributed by atoms with E-state index in [1.165, 1.54) is 0 Å². The molecule has 0 unspecified atom stereocenters. The molecule has 1 fully saturated rings. The van der Waals surface area contributed by atoms with Gasteiger partial charge in [0.25, 0.3) is 0 Å². The summed E-state index contributed by atoms with van der Waals surface area (Å²) in [4.78, 5) is 23.8. The molecule has 0 saturated heterocycles. The van der Waals surface area contributed by atoms with Gasteiger partial charge < -0.3 is 15.2 Å². The fraction of sp³-hybridized carbons (Fsp3) is 0.579. The van der Waals surface area contributed by atoms with Crippen molar-refractivity contribution in [3.8, 4) is 0 Å². The number of unbranched alkanes of at least 4 members (excludes halogenated alkanes) is 1. The van der Waals surface area contributed by atoms with Crippen LogP contribution in [-0.2, 0) is 9.53 Å². The van der Waals surface area contributed by atoms with Crippen molar-refractivity contribution in [2.45, 2.75) is 52.1 Å². The molecule has 0 aromatic heterocycles. The highest BCUT2D eigenvalue weighted by molar-refractivity contribution is 5.95. The minimum Gasteiger partial charge on any atom is -0.462 e. The first-order valence-electron chi connectivity index (χ1n) is 8.57. The molecule has 0 radical (unpaired) electrons. The van der Waals surface area contributed by atoms with Crippen molar-refractivity contribution in [1.29, 1.82) is 0 Å². The molecule has 1 amide bonds. The van der Waals surface area contributed by atoms with Crippen molar-refractivity contribution in [3.63, 3.8) is 0 Å². The highest BCUT2D eigenvalue weighted by atomic mass is 16.5. The molecule has 2 atom stereocenters. The predicted octanol–water partition coefficient (Wildman–Crippen LogP) is 3.38. The minimum absolute atomic E-state index is 0.0460. The van der Waals surface area contributed by atoms with E-state index in [9.17, 15) is 14.7 Å². The normalized spacial score (nSPS) is 19.7. The molecule has 0 spiro atoms. The van der Waals surface area contributed by atoms with Gasteiger partial charge in [-0.05, 0) is 69.7 Å². The number of anilines is 1. The molecule has 5 heteroatoms. The van der Waals surface area contributed by atoms with Gasteiger partial charge in [-0.1, -0.05) is 6.92 Å². The van der Waals surface area contributed by atoms with Crippen molar-refractivity contribution in [1.82, 2.24) is 0 Å². The van der Waals surface area contributed by atoms with Crippen molar-refractivity contribution >= 4 is 17.6 Å². The molecule has 1 aliphatic carbocycles. The Morgan fingerprint density at radius 1 is 1.25 bits per heavy atom. The molecule has 5 nitrogen and oxygen atoms in total. The van der Waals surface area contributed by atoms with E-state index in [-0.39, 0.29) is 17.8 Å². The summed E-state index contributed by atoms with van der Waals surface area (Å²) in [7, 11) is 0. The Labute approximate surface area is 143 Å². The van der Waals surface area contributed by atoms with Gasteiger partial charge in [0.15, 0.2) is 0 Å². The van der Waals surface area contributed by atoms with Crippen LogP contribution < -0.4 is 5.32 Å². The van der Waals surface area contributed by atoms with Gasteiger partial charge >= 0.3 is 5.97 Å². The van der Waals surface area contributed by atoms with Gasteiger partial charge in [-0.15, -0.1) is 0 Å². The fourth-order valence-electron chi connectivity index (χ4n) is 2.52. The zero-order valence-corrected chi connectivity index (χ0v) is 14.7. The zero-order valence-electron chi connectivity index (χ0n) is 14.7. The first kappa shape index (κ1) is 18.5. The Hall–Kier alpha value is -1.88. The highest BCUT2D eigenvalue weighted by Gasteiger charge is 2.39. The van der Waals surface area contributed by atoms with Crippen molar-refractivity contribution in [3.05, 3.63) is 29.8 Å². The van der Waals surface area contributed by atoms with Gasteiger partial charge in [-0.25, -0.2) is 4.79 Å². The number of amides is 1. The van der Waals surface area contributed by atoms with Crippen LogP contribution in [0.2, 0.25) is 0 Å². The van der Waals surface area contributed by atoms with E-state index in [2.05, 4.69) is 12.2 Å². The first-order chi connectivity index (χ1) is 11.3. The molecule has 1 aromatic rings. The van der Waals surface area contributed by atoms with Crippen LogP contribution in [-0.4, -0.2) is 29.2 Å². The summed E-state index contributed by atoms with van der Waals surface area (Å²) in [5.74, 6) is 0.269. The number of hydrogen-bond acceptors (Lipinski definition) is 4. The third-order valence-corrected chi connectivity index (χ3v) is 4.25. The van der Waals surface area contributed by atoms with Gasteiger partial charge in [0, 0.05) is 11.6 Å². The lowest BCUT2D eigenvalue weighted by molar-refractivity contribution is -0.117. The molecule has 0 bridgehead atoms. The van der Waals surface area contributed by atoms with Crippen molar-refractivity contribution < 1.29 is 19.4 Å². The van der Waals surface area contributed by atoms with Crippen molar-refractivity contribution in [2.75, 3.05) is 11.9 Å². The second kappa shape index (κ2) is 7.79. The molecular formula is C19H27NO4. The Kier molecular flexibility index (Phi) is 5.99. The quantitative estimate of drug-likeness (QED) is 0.565. The Morgan fingerprint density at radius 2 is 1.88 bits per heavy atom. The average Bonchev–Trinajstić information content (AvgIpc) is 3.23. The highest BCUT2D eigenvalue weighted by Crippen LogP contribution is 2.38. The van der Waals surface area contributed by atoms with Crippen LogP contribution in [0.1, 0.15) is 56.8 Å². The standard InChI is InChI=1S/C19H27NO4/c1-13-12-16(13)17(21)20-15-8-6-14(7-9-15)18(22)24-11-5-4-10-19(2,3)23/h6-9,13,16,23H,4-5,10-12H2,1-3H3,(H,20,21)/t13-,16-/m1/s1. The molecule has 2 rings (SSSR count). The van der Waals surface area contributed by atoms with Crippen LogP contribution in [0.5, 0.6) is 0 Å². The van der Waals surface area contributed by atoms with E-state index in [4.69, 9.17) is 4.74 Å². The smallest absolute Gasteiger partial charge is 0.338 e. The maximum absolute atomic E-state index is 11.9. The second-order valence-electron chi connectivity index (χ2n) is 7.29. The summed E-state index contributed by atoms with van der Waals surface area (Å²) in [6.45, 7) is 5.93. The molecule has 2 N–H and O–H groups in total.